The van der Waals surface area contributed by atoms with Gasteiger partial charge in [-0.3, -0.25) is 0 Å². The molecule has 130 valence electrons. The fourth-order valence-electron chi connectivity index (χ4n) is 3.18. The molecule has 25 heavy (non-hydrogen) atoms. The van der Waals surface area contributed by atoms with Crippen molar-refractivity contribution in [1.29, 1.82) is 0 Å². The zero-order chi connectivity index (χ0) is 17.2. The molecule has 2 aliphatic rings. The summed E-state index contributed by atoms with van der Waals surface area (Å²) in [6.45, 7) is 2.45. The van der Waals surface area contributed by atoms with Crippen LogP contribution in [0.15, 0.2) is 23.2 Å². The molecule has 0 spiro atoms. The minimum atomic E-state index is -0.264. The van der Waals surface area contributed by atoms with Gasteiger partial charge in [0, 0.05) is 11.1 Å². The van der Waals surface area contributed by atoms with Crippen molar-refractivity contribution < 1.29 is 19.0 Å². The fraction of sp³-hybridized carbons (Fsp3) is 0.368. The number of fused-ring (bicyclic) bond motifs is 2. The maximum atomic E-state index is 12.4. The number of benzene rings is 1. The van der Waals surface area contributed by atoms with Crippen molar-refractivity contribution in [2.45, 2.75) is 32.6 Å². The number of rotatable bonds is 4. The summed E-state index contributed by atoms with van der Waals surface area (Å²) in [6.07, 6.45) is 6.00. The average Bonchev–Trinajstić information content (AvgIpc) is 3.23. The van der Waals surface area contributed by atoms with E-state index >= 15 is 0 Å². The topological polar surface area (TPSA) is 57.1 Å². The second kappa shape index (κ2) is 6.88. The van der Waals surface area contributed by atoms with Crippen LogP contribution in [0.25, 0.3) is 0 Å². The summed E-state index contributed by atoms with van der Waals surface area (Å²) >= 11 is 1.61. The quantitative estimate of drug-likeness (QED) is 0.605. The van der Waals surface area contributed by atoms with Gasteiger partial charge in [0.1, 0.15) is 5.00 Å². The van der Waals surface area contributed by atoms with E-state index in [1.807, 2.05) is 25.1 Å². The van der Waals surface area contributed by atoms with Crippen LogP contribution >= 0.6 is 11.3 Å². The van der Waals surface area contributed by atoms with Gasteiger partial charge in [-0.15, -0.1) is 11.3 Å². The third-order valence-electron chi connectivity index (χ3n) is 4.36. The monoisotopic (exact) mass is 357 g/mol. The molecule has 1 aliphatic heterocycles. The minimum absolute atomic E-state index is 0.251. The first kappa shape index (κ1) is 16.1. The van der Waals surface area contributed by atoms with Crippen molar-refractivity contribution in [2.75, 3.05) is 13.4 Å². The SMILES string of the molecule is CCOC(=O)c1c(/N=C/c2ccc3c(c2)OCO3)sc2c1CCCC2. The third-order valence-corrected chi connectivity index (χ3v) is 5.56. The van der Waals surface area contributed by atoms with Crippen LogP contribution in [0.1, 0.15) is 46.1 Å². The largest absolute Gasteiger partial charge is 0.462 e. The summed E-state index contributed by atoms with van der Waals surface area (Å²) in [6, 6.07) is 5.69. The first-order chi connectivity index (χ1) is 12.3. The molecule has 0 bridgehead atoms. The van der Waals surface area contributed by atoms with Gasteiger partial charge in [-0.1, -0.05) is 0 Å². The lowest BCUT2D eigenvalue weighted by Crippen LogP contribution is -2.09. The summed E-state index contributed by atoms with van der Waals surface area (Å²) in [4.78, 5) is 18.3. The Balaban J connectivity index is 1.67. The molecule has 2 aromatic rings. The Hall–Kier alpha value is -2.34. The molecular formula is C19H19NO4S. The number of hydrogen-bond donors (Lipinski definition) is 0. The number of hydrogen-bond acceptors (Lipinski definition) is 6. The lowest BCUT2D eigenvalue weighted by atomic mass is 9.95. The number of nitrogens with zero attached hydrogens (tertiary/aromatic N) is 1. The number of aryl methyl sites for hydroxylation is 1. The van der Waals surface area contributed by atoms with Gasteiger partial charge in [-0.25, -0.2) is 9.79 Å². The molecular weight excluding hydrogens is 338 g/mol. The van der Waals surface area contributed by atoms with Gasteiger partial charge in [-0.2, -0.15) is 0 Å². The van der Waals surface area contributed by atoms with E-state index in [-0.39, 0.29) is 12.8 Å². The first-order valence-corrected chi connectivity index (χ1v) is 9.33. The maximum Gasteiger partial charge on any atom is 0.341 e. The van der Waals surface area contributed by atoms with Crippen molar-refractivity contribution in [3.8, 4) is 11.5 Å². The van der Waals surface area contributed by atoms with E-state index in [0.717, 1.165) is 46.9 Å². The normalized spacial score (nSPS) is 15.4. The van der Waals surface area contributed by atoms with Crippen LogP contribution in [0.4, 0.5) is 5.00 Å². The van der Waals surface area contributed by atoms with E-state index < -0.39 is 0 Å². The molecule has 2 heterocycles. The highest BCUT2D eigenvalue weighted by Gasteiger charge is 2.26. The predicted octanol–water partition coefficient (Wildman–Crippen LogP) is 4.28. The highest BCUT2D eigenvalue weighted by Crippen LogP contribution is 2.40. The highest BCUT2D eigenvalue weighted by molar-refractivity contribution is 7.16. The van der Waals surface area contributed by atoms with Gasteiger partial charge in [0.15, 0.2) is 11.5 Å². The fourth-order valence-corrected chi connectivity index (χ4v) is 4.40. The van der Waals surface area contributed by atoms with Gasteiger partial charge in [0.05, 0.1) is 12.2 Å². The Morgan fingerprint density at radius 1 is 1.28 bits per heavy atom. The molecule has 0 amide bonds. The zero-order valence-corrected chi connectivity index (χ0v) is 14.9. The number of carbonyl (C=O) groups is 1. The van der Waals surface area contributed by atoms with E-state index in [4.69, 9.17) is 14.2 Å². The molecule has 4 rings (SSSR count). The second-order valence-electron chi connectivity index (χ2n) is 5.98. The second-order valence-corrected chi connectivity index (χ2v) is 7.07. The summed E-state index contributed by atoms with van der Waals surface area (Å²) in [5, 5.41) is 0.739. The summed E-state index contributed by atoms with van der Waals surface area (Å²) < 4.78 is 16.0. The van der Waals surface area contributed by atoms with Crippen LogP contribution in [-0.2, 0) is 17.6 Å². The van der Waals surface area contributed by atoms with Gasteiger partial charge in [0.2, 0.25) is 6.79 Å². The van der Waals surface area contributed by atoms with Crippen LogP contribution in [0.5, 0.6) is 11.5 Å². The molecule has 0 saturated carbocycles. The number of aliphatic imine (C=N–C) groups is 1. The van der Waals surface area contributed by atoms with Crippen LogP contribution in [-0.4, -0.2) is 25.6 Å². The molecule has 0 fully saturated rings. The number of carbonyl (C=O) groups excluding carboxylic acids is 1. The smallest absolute Gasteiger partial charge is 0.341 e. The van der Waals surface area contributed by atoms with Gasteiger partial charge in [-0.05, 0) is 61.9 Å². The van der Waals surface area contributed by atoms with E-state index in [1.165, 1.54) is 11.3 Å². The Morgan fingerprint density at radius 2 is 2.12 bits per heavy atom. The van der Waals surface area contributed by atoms with Crippen molar-refractivity contribution in [1.82, 2.24) is 0 Å². The summed E-state index contributed by atoms with van der Waals surface area (Å²) in [5.41, 5.74) is 2.69. The maximum absolute atomic E-state index is 12.4. The van der Waals surface area contributed by atoms with Crippen LogP contribution in [0.2, 0.25) is 0 Å². The van der Waals surface area contributed by atoms with Crippen molar-refractivity contribution >= 4 is 28.5 Å². The van der Waals surface area contributed by atoms with E-state index in [2.05, 4.69) is 4.99 Å². The van der Waals surface area contributed by atoms with Gasteiger partial charge in [0.25, 0.3) is 0 Å². The molecule has 0 N–H and O–H groups in total. The van der Waals surface area contributed by atoms with Crippen LogP contribution < -0.4 is 9.47 Å². The molecule has 0 unspecified atom stereocenters. The van der Waals surface area contributed by atoms with Crippen LogP contribution in [0, 0.1) is 0 Å². The molecule has 0 radical (unpaired) electrons. The van der Waals surface area contributed by atoms with Crippen molar-refractivity contribution in [2.24, 2.45) is 4.99 Å². The predicted molar refractivity (Wildman–Crippen MR) is 96.7 cm³/mol. The summed E-state index contributed by atoms with van der Waals surface area (Å²) in [7, 11) is 0. The lowest BCUT2D eigenvalue weighted by molar-refractivity contribution is 0.0526. The zero-order valence-electron chi connectivity index (χ0n) is 14.0. The molecule has 0 saturated heterocycles. The van der Waals surface area contributed by atoms with E-state index in [0.29, 0.717) is 12.2 Å². The van der Waals surface area contributed by atoms with Gasteiger partial charge >= 0.3 is 5.97 Å². The lowest BCUT2D eigenvalue weighted by Gasteiger charge is -2.11. The Morgan fingerprint density at radius 3 is 3.00 bits per heavy atom. The molecule has 6 heteroatoms. The molecule has 1 aliphatic carbocycles. The number of thiophene rings is 1. The van der Waals surface area contributed by atoms with Gasteiger partial charge < -0.3 is 14.2 Å². The first-order valence-electron chi connectivity index (χ1n) is 8.51. The van der Waals surface area contributed by atoms with Crippen molar-refractivity contribution in [3.63, 3.8) is 0 Å². The molecule has 0 atom stereocenters. The highest BCUT2D eigenvalue weighted by atomic mass is 32.1. The molecule has 1 aromatic carbocycles. The van der Waals surface area contributed by atoms with Crippen LogP contribution in [0.3, 0.4) is 0 Å². The number of esters is 1. The van der Waals surface area contributed by atoms with E-state index in [9.17, 15) is 4.79 Å². The Labute approximate surface area is 150 Å². The standard InChI is InChI=1S/C19H19NO4S/c1-2-22-19(21)17-13-5-3-4-6-16(13)25-18(17)20-10-12-7-8-14-15(9-12)24-11-23-14/h7-10H,2-6,11H2,1H3/b20-10+. The molecule has 5 nitrogen and oxygen atoms in total. The Bertz CT molecular complexity index is 840. The average molecular weight is 357 g/mol. The van der Waals surface area contributed by atoms with E-state index in [1.54, 1.807) is 17.6 Å². The Kier molecular flexibility index (Phi) is 4.44. The third kappa shape index (κ3) is 3.14. The molecule has 1 aromatic heterocycles. The van der Waals surface area contributed by atoms with Crippen molar-refractivity contribution in [3.05, 3.63) is 39.8 Å². The number of ether oxygens (including phenoxy) is 3. The minimum Gasteiger partial charge on any atom is -0.462 e. The summed E-state index contributed by atoms with van der Waals surface area (Å²) in [5.74, 6) is 1.20.